The highest BCUT2D eigenvalue weighted by Gasteiger charge is 2.18. The smallest absolute Gasteiger partial charge is 0.227 e. The molecule has 0 unspecified atom stereocenters. The molecule has 0 spiro atoms. The van der Waals surface area contributed by atoms with Gasteiger partial charge in [-0.05, 0) is 12.6 Å². The molecule has 1 heterocycles. The zero-order valence-electron chi connectivity index (χ0n) is 10.1. The summed E-state index contributed by atoms with van der Waals surface area (Å²) in [5, 5.41) is 0. The number of carbonyl (C=O) groups is 1. The molecule has 1 amide bonds. The van der Waals surface area contributed by atoms with Gasteiger partial charge < -0.3 is 26.8 Å². The van der Waals surface area contributed by atoms with E-state index in [0.29, 0.717) is 6.42 Å². The molecule has 0 bridgehead atoms. The Kier molecular flexibility index (Phi) is 5.65. The van der Waals surface area contributed by atoms with Gasteiger partial charge in [-0.1, -0.05) is 30.3 Å². The lowest BCUT2D eigenvalue weighted by Crippen LogP contribution is -3.00. The number of benzene rings is 1. The Labute approximate surface area is 113 Å². The molecule has 2 rings (SSSR count). The minimum atomic E-state index is 0. The van der Waals surface area contributed by atoms with E-state index in [2.05, 4.69) is 11.9 Å². The van der Waals surface area contributed by atoms with Gasteiger partial charge in [0.2, 0.25) is 5.91 Å². The molecule has 4 heteroatoms. The predicted octanol–water partition coefficient (Wildman–Crippen LogP) is -1.99. The number of carbonyl (C=O) groups excluding carboxylic acids is 1. The summed E-state index contributed by atoms with van der Waals surface area (Å²) in [6.45, 7) is 3.70. The van der Waals surface area contributed by atoms with Crippen molar-refractivity contribution in [3.8, 4) is 0 Å². The number of hydrogen-bond acceptors (Lipinski definition) is 2. The summed E-state index contributed by atoms with van der Waals surface area (Å²) >= 11 is 0. The first-order chi connectivity index (χ1) is 7.75. The third-order valence-electron chi connectivity index (χ3n) is 3.05. The van der Waals surface area contributed by atoms with E-state index < -0.39 is 0 Å². The molecule has 1 aliphatic rings. The van der Waals surface area contributed by atoms with Crippen molar-refractivity contribution in [1.82, 2.24) is 9.80 Å². The summed E-state index contributed by atoms with van der Waals surface area (Å²) in [6.07, 6.45) is 0.532. The Morgan fingerprint density at radius 2 is 1.71 bits per heavy atom. The highest BCUT2D eigenvalue weighted by Crippen LogP contribution is 2.05. The number of nitrogens with zero attached hydrogens (tertiary/aromatic N) is 2. The van der Waals surface area contributed by atoms with Crippen LogP contribution in [0.1, 0.15) is 5.56 Å². The minimum absolute atomic E-state index is 0. The van der Waals surface area contributed by atoms with Crippen molar-refractivity contribution in [3.63, 3.8) is 0 Å². The van der Waals surface area contributed by atoms with Gasteiger partial charge in [0.05, 0.1) is 6.42 Å². The molecule has 1 aliphatic heterocycles. The van der Waals surface area contributed by atoms with E-state index in [9.17, 15) is 4.79 Å². The van der Waals surface area contributed by atoms with E-state index in [1.165, 1.54) is 0 Å². The second kappa shape index (κ2) is 6.77. The molecule has 17 heavy (non-hydrogen) atoms. The molecule has 3 nitrogen and oxygen atoms in total. The van der Waals surface area contributed by atoms with Crippen LogP contribution in [0, 0.1) is 0 Å². The van der Waals surface area contributed by atoms with Crippen LogP contribution < -0.4 is 17.0 Å². The monoisotopic (exact) mass is 297 g/mol. The van der Waals surface area contributed by atoms with Gasteiger partial charge in [-0.3, -0.25) is 4.79 Å². The summed E-state index contributed by atoms with van der Waals surface area (Å²) < 4.78 is 0. The average molecular weight is 298 g/mol. The molecular formula is C13H18BrN2O-. The quantitative estimate of drug-likeness (QED) is 0.631. The molecule has 1 saturated heterocycles. The molecule has 1 aromatic carbocycles. The SMILES string of the molecule is CN1CCN(C(=O)Cc2ccccc2)CC1.[Br-]. The van der Waals surface area contributed by atoms with Crippen LogP contribution in [-0.2, 0) is 11.2 Å². The molecule has 0 aliphatic carbocycles. The number of likely N-dealkylation sites (N-methyl/N-ethyl adjacent to an activating group) is 1. The Morgan fingerprint density at radius 3 is 2.29 bits per heavy atom. The van der Waals surface area contributed by atoms with Crippen molar-refractivity contribution in [2.75, 3.05) is 33.2 Å². The lowest BCUT2D eigenvalue weighted by Gasteiger charge is -2.32. The maximum absolute atomic E-state index is 12.0. The van der Waals surface area contributed by atoms with Gasteiger partial charge in [-0.2, -0.15) is 0 Å². The van der Waals surface area contributed by atoms with E-state index in [-0.39, 0.29) is 22.9 Å². The maximum atomic E-state index is 12.0. The van der Waals surface area contributed by atoms with Crippen molar-refractivity contribution in [2.45, 2.75) is 6.42 Å². The van der Waals surface area contributed by atoms with Gasteiger partial charge in [-0.25, -0.2) is 0 Å². The normalized spacial score (nSPS) is 16.4. The number of halogens is 1. The molecule has 1 fully saturated rings. The predicted molar refractivity (Wildman–Crippen MR) is 64.2 cm³/mol. The van der Waals surface area contributed by atoms with E-state index in [1.54, 1.807) is 0 Å². The van der Waals surface area contributed by atoms with Crippen LogP contribution in [0.5, 0.6) is 0 Å². The van der Waals surface area contributed by atoms with Crippen molar-refractivity contribution in [3.05, 3.63) is 35.9 Å². The third-order valence-corrected chi connectivity index (χ3v) is 3.05. The van der Waals surface area contributed by atoms with E-state index in [1.807, 2.05) is 35.2 Å². The summed E-state index contributed by atoms with van der Waals surface area (Å²) in [7, 11) is 2.10. The Morgan fingerprint density at radius 1 is 1.12 bits per heavy atom. The summed E-state index contributed by atoms with van der Waals surface area (Å²) in [4.78, 5) is 16.2. The fourth-order valence-corrected chi connectivity index (χ4v) is 1.94. The molecule has 0 N–H and O–H groups in total. The fraction of sp³-hybridized carbons (Fsp3) is 0.462. The fourth-order valence-electron chi connectivity index (χ4n) is 1.94. The van der Waals surface area contributed by atoms with Gasteiger partial charge in [0.1, 0.15) is 0 Å². The topological polar surface area (TPSA) is 23.6 Å². The van der Waals surface area contributed by atoms with Crippen LogP contribution >= 0.6 is 0 Å². The van der Waals surface area contributed by atoms with Crippen LogP contribution in [0.2, 0.25) is 0 Å². The van der Waals surface area contributed by atoms with Crippen LogP contribution in [0.15, 0.2) is 30.3 Å². The van der Waals surface area contributed by atoms with Crippen LogP contribution in [0.3, 0.4) is 0 Å². The van der Waals surface area contributed by atoms with Crippen molar-refractivity contribution >= 4 is 5.91 Å². The second-order valence-corrected chi connectivity index (χ2v) is 4.35. The van der Waals surface area contributed by atoms with Crippen LogP contribution in [-0.4, -0.2) is 48.9 Å². The molecule has 0 saturated carbocycles. The Balaban J connectivity index is 0.00000144. The first kappa shape index (κ1) is 14.2. The first-order valence-corrected chi connectivity index (χ1v) is 5.76. The molecule has 0 aromatic heterocycles. The third kappa shape index (κ3) is 4.13. The van der Waals surface area contributed by atoms with E-state index in [4.69, 9.17) is 0 Å². The van der Waals surface area contributed by atoms with Crippen molar-refractivity contribution < 1.29 is 21.8 Å². The lowest BCUT2D eigenvalue weighted by atomic mass is 10.1. The summed E-state index contributed by atoms with van der Waals surface area (Å²) in [5.41, 5.74) is 1.10. The Bertz CT molecular complexity index is 348. The van der Waals surface area contributed by atoms with Gasteiger partial charge in [0.25, 0.3) is 0 Å². The molecule has 1 aromatic rings. The standard InChI is InChI=1S/C13H18N2O.BrH/c1-14-7-9-15(10-8-14)13(16)11-12-5-3-2-4-6-12;/h2-6H,7-11H2,1H3;1H/p-1. The molecular weight excluding hydrogens is 280 g/mol. The zero-order chi connectivity index (χ0) is 11.4. The van der Waals surface area contributed by atoms with E-state index in [0.717, 1.165) is 31.7 Å². The van der Waals surface area contributed by atoms with Gasteiger partial charge in [0.15, 0.2) is 0 Å². The first-order valence-electron chi connectivity index (χ1n) is 5.76. The lowest BCUT2D eigenvalue weighted by molar-refractivity contribution is -0.132. The largest absolute Gasteiger partial charge is 1.00 e. The average Bonchev–Trinajstić information content (AvgIpc) is 2.31. The number of amides is 1. The van der Waals surface area contributed by atoms with Gasteiger partial charge >= 0.3 is 0 Å². The minimum Gasteiger partial charge on any atom is -1.00 e. The highest BCUT2D eigenvalue weighted by molar-refractivity contribution is 5.78. The van der Waals surface area contributed by atoms with E-state index >= 15 is 0 Å². The molecule has 0 atom stereocenters. The summed E-state index contributed by atoms with van der Waals surface area (Å²) in [5.74, 6) is 0.249. The Hall–Kier alpha value is -0.870. The highest BCUT2D eigenvalue weighted by atomic mass is 79.9. The van der Waals surface area contributed by atoms with Crippen molar-refractivity contribution in [2.24, 2.45) is 0 Å². The number of rotatable bonds is 2. The van der Waals surface area contributed by atoms with Gasteiger partial charge in [-0.15, -0.1) is 0 Å². The van der Waals surface area contributed by atoms with Crippen LogP contribution in [0.4, 0.5) is 0 Å². The van der Waals surface area contributed by atoms with Crippen molar-refractivity contribution in [1.29, 1.82) is 0 Å². The second-order valence-electron chi connectivity index (χ2n) is 4.35. The molecule has 0 radical (unpaired) electrons. The maximum Gasteiger partial charge on any atom is 0.227 e. The van der Waals surface area contributed by atoms with Crippen LogP contribution in [0.25, 0.3) is 0 Å². The number of piperazine rings is 1. The molecule has 94 valence electrons. The zero-order valence-corrected chi connectivity index (χ0v) is 11.7. The number of hydrogen-bond donors (Lipinski definition) is 0. The summed E-state index contributed by atoms with van der Waals surface area (Å²) in [6, 6.07) is 9.95. The van der Waals surface area contributed by atoms with Gasteiger partial charge in [0, 0.05) is 26.2 Å².